The third-order valence-electron chi connectivity index (χ3n) is 5.62. The lowest BCUT2D eigenvalue weighted by atomic mass is 10.1. The van der Waals surface area contributed by atoms with Gasteiger partial charge in [-0.25, -0.2) is 14.5 Å². The largest absolute Gasteiger partial charge is 0.488 e. The third-order valence-corrected chi connectivity index (χ3v) is 5.62. The summed E-state index contributed by atoms with van der Waals surface area (Å²) >= 11 is 0. The average molecular weight is 420 g/mol. The second-order valence-corrected chi connectivity index (χ2v) is 7.60. The van der Waals surface area contributed by atoms with Gasteiger partial charge in [-0.15, -0.1) is 0 Å². The second kappa shape index (κ2) is 7.88. The summed E-state index contributed by atoms with van der Waals surface area (Å²) in [6.45, 7) is 1.80. The van der Waals surface area contributed by atoms with E-state index in [1.165, 1.54) is 12.7 Å². The first kappa shape index (κ1) is 19.3. The number of aromatic nitrogens is 6. The van der Waals surface area contributed by atoms with E-state index >= 15 is 0 Å². The van der Waals surface area contributed by atoms with Crippen molar-refractivity contribution in [3.05, 3.63) is 43.0 Å². The normalized spacial score (nSPS) is 16.3. The molecule has 4 aromatic rings. The van der Waals surface area contributed by atoms with Crippen LogP contribution in [0.1, 0.15) is 6.42 Å². The standard InChI is InChI=1S/C21H24N8O2/c1-27-6-5-15(27)12-31-17-11-24-28(2)21(17)14-4-7-29-16(8-14)9-19(26-29)25-18-10-20(30-3)23-13-22-18/h4,7-11,13,15H,5-6,12H2,1-3H3,(H,22,23,25,26)/t15-/m1/s1. The summed E-state index contributed by atoms with van der Waals surface area (Å²) in [5, 5.41) is 12.2. The summed E-state index contributed by atoms with van der Waals surface area (Å²) in [4.78, 5) is 10.5. The number of likely N-dealkylation sites (N-methyl/N-ethyl adjacent to an activating group) is 1. The fourth-order valence-electron chi connectivity index (χ4n) is 3.67. The number of likely N-dealkylation sites (tertiary alicyclic amines) is 1. The maximum absolute atomic E-state index is 6.12. The molecule has 0 aliphatic carbocycles. The summed E-state index contributed by atoms with van der Waals surface area (Å²) in [6.07, 6.45) is 6.32. The molecule has 0 radical (unpaired) electrons. The van der Waals surface area contributed by atoms with Gasteiger partial charge in [0.25, 0.3) is 0 Å². The number of methoxy groups -OCH3 is 1. The molecule has 1 N–H and O–H groups in total. The Balaban J connectivity index is 1.39. The van der Waals surface area contributed by atoms with Crippen LogP contribution >= 0.6 is 0 Å². The molecule has 10 heteroatoms. The molecule has 5 rings (SSSR count). The third kappa shape index (κ3) is 3.77. The Morgan fingerprint density at radius 2 is 2.06 bits per heavy atom. The Hall–Kier alpha value is -3.66. The molecule has 0 bridgehead atoms. The van der Waals surface area contributed by atoms with Gasteiger partial charge in [0.2, 0.25) is 5.88 Å². The van der Waals surface area contributed by atoms with Crippen molar-refractivity contribution in [3.63, 3.8) is 0 Å². The molecule has 0 saturated carbocycles. The van der Waals surface area contributed by atoms with Crippen LogP contribution in [0, 0.1) is 0 Å². The molecule has 31 heavy (non-hydrogen) atoms. The van der Waals surface area contributed by atoms with Crippen LogP contribution in [0.15, 0.2) is 43.0 Å². The lowest BCUT2D eigenvalue weighted by Gasteiger charge is -2.37. The highest BCUT2D eigenvalue weighted by atomic mass is 16.5. The topological polar surface area (TPSA) is 94.6 Å². The van der Waals surface area contributed by atoms with Gasteiger partial charge < -0.3 is 14.8 Å². The molecule has 1 aliphatic heterocycles. The Morgan fingerprint density at radius 3 is 2.84 bits per heavy atom. The number of anilines is 2. The maximum Gasteiger partial charge on any atom is 0.218 e. The number of hydrogen-bond acceptors (Lipinski definition) is 8. The Bertz CT molecular complexity index is 1220. The van der Waals surface area contributed by atoms with Crippen molar-refractivity contribution in [3.8, 4) is 22.9 Å². The van der Waals surface area contributed by atoms with Crippen LogP contribution in [0.3, 0.4) is 0 Å². The monoisotopic (exact) mass is 420 g/mol. The number of rotatable bonds is 7. The summed E-state index contributed by atoms with van der Waals surface area (Å²) in [5.41, 5.74) is 2.90. The number of nitrogens with zero attached hydrogens (tertiary/aromatic N) is 7. The van der Waals surface area contributed by atoms with E-state index < -0.39 is 0 Å². The van der Waals surface area contributed by atoms with Crippen LogP contribution in [-0.4, -0.2) is 67.6 Å². The van der Waals surface area contributed by atoms with Crippen LogP contribution in [0.4, 0.5) is 11.6 Å². The van der Waals surface area contributed by atoms with Gasteiger partial charge in [-0.05, 0) is 32.1 Å². The highest BCUT2D eigenvalue weighted by Gasteiger charge is 2.25. The van der Waals surface area contributed by atoms with Crippen molar-refractivity contribution in [2.45, 2.75) is 12.5 Å². The fourth-order valence-corrected chi connectivity index (χ4v) is 3.67. The van der Waals surface area contributed by atoms with Crippen LogP contribution in [-0.2, 0) is 7.05 Å². The predicted octanol–water partition coefficient (Wildman–Crippen LogP) is 2.36. The molecule has 0 amide bonds. The van der Waals surface area contributed by atoms with Crippen molar-refractivity contribution in [2.24, 2.45) is 7.05 Å². The Morgan fingerprint density at radius 1 is 1.16 bits per heavy atom. The lowest BCUT2D eigenvalue weighted by Crippen LogP contribution is -2.48. The fraction of sp³-hybridized carbons (Fsp3) is 0.333. The van der Waals surface area contributed by atoms with Gasteiger partial charge >= 0.3 is 0 Å². The second-order valence-electron chi connectivity index (χ2n) is 7.60. The number of aryl methyl sites for hydroxylation is 1. The van der Waals surface area contributed by atoms with E-state index in [0.29, 0.717) is 30.2 Å². The van der Waals surface area contributed by atoms with Gasteiger partial charge in [0.15, 0.2) is 11.6 Å². The van der Waals surface area contributed by atoms with Crippen molar-refractivity contribution < 1.29 is 9.47 Å². The van der Waals surface area contributed by atoms with E-state index in [4.69, 9.17) is 9.47 Å². The predicted molar refractivity (Wildman–Crippen MR) is 116 cm³/mol. The van der Waals surface area contributed by atoms with Gasteiger partial charge in [-0.1, -0.05) is 0 Å². The molecular formula is C21H24N8O2. The zero-order valence-electron chi connectivity index (χ0n) is 17.7. The molecule has 4 aromatic heterocycles. The molecule has 0 spiro atoms. The average Bonchev–Trinajstić information content (AvgIpc) is 3.34. The molecule has 1 atom stereocenters. The van der Waals surface area contributed by atoms with Crippen LogP contribution in [0.5, 0.6) is 11.6 Å². The Kier molecular flexibility index (Phi) is 4.91. The highest BCUT2D eigenvalue weighted by molar-refractivity contribution is 5.72. The minimum Gasteiger partial charge on any atom is -0.488 e. The molecule has 0 unspecified atom stereocenters. The quantitative estimate of drug-likeness (QED) is 0.487. The van der Waals surface area contributed by atoms with Crippen LogP contribution in [0.25, 0.3) is 16.8 Å². The van der Waals surface area contributed by atoms with Crippen molar-refractivity contribution >= 4 is 17.2 Å². The number of fused-ring (bicyclic) bond motifs is 1. The highest BCUT2D eigenvalue weighted by Crippen LogP contribution is 2.31. The van der Waals surface area contributed by atoms with Crippen molar-refractivity contribution in [1.82, 2.24) is 34.3 Å². The Labute approximate surface area is 179 Å². The van der Waals surface area contributed by atoms with E-state index in [9.17, 15) is 0 Å². The summed E-state index contributed by atoms with van der Waals surface area (Å²) in [7, 11) is 5.62. The first-order valence-electron chi connectivity index (χ1n) is 10.1. The number of ether oxygens (including phenoxy) is 2. The van der Waals surface area contributed by atoms with E-state index in [1.807, 2.05) is 34.6 Å². The SMILES string of the molecule is COc1cc(Nc2cc3cc(-c4c(OC[C@H]5CCN5C)cnn4C)ccn3n2)ncn1. The van der Waals surface area contributed by atoms with Gasteiger partial charge in [0.1, 0.15) is 24.4 Å². The van der Waals surface area contributed by atoms with E-state index in [-0.39, 0.29) is 0 Å². The zero-order chi connectivity index (χ0) is 21.4. The number of hydrogen-bond donors (Lipinski definition) is 1. The first-order valence-corrected chi connectivity index (χ1v) is 10.1. The van der Waals surface area contributed by atoms with Crippen molar-refractivity contribution in [1.29, 1.82) is 0 Å². The minimum absolute atomic E-state index is 0.472. The minimum atomic E-state index is 0.472. The smallest absolute Gasteiger partial charge is 0.218 e. The van der Waals surface area contributed by atoms with Crippen LogP contribution in [0.2, 0.25) is 0 Å². The van der Waals surface area contributed by atoms with Crippen LogP contribution < -0.4 is 14.8 Å². The van der Waals surface area contributed by atoms with Gasteiger partial charge in [0.05, 0.1) is 18.8 Å². The molecule has 0 aromatic carbocycles. The summed E-state index contributed by atoms with van der Waals surface area (Å²) < 4.78 is 14.9. The first-order chi connectivity index (χ1) is 15.1. The molecule has 1 aliphatic rings. The molecule has 10 nitrogen and oxygen atoms in total. The van der Waals surface area contributed by atoms with E-state index in [2.05, 4.69) is 43.5 Å². The summed E-state index contributed by atoms with van der Waals surface area (Å²) in [5.74, 6) is 2.56. The van der Waals surface area contributed by atoms with Gasteiger partial charge in [0, 0.05) is 37.0 Å². The lowest BCUT2D eigenvalue weighted by molar-refractivity contribution is 0.0771. The van der Waals surface area contributed by atoms with Crippen molar-refractivity contribution in [2.75, 3.05) is 32.6 Å². The molecule has 5 heterocycles. The maximum atomic E-state index is 6.12. The molecule has 1 fully saturated rings. The van der Waals surface area contributed by atoms with E-state index in [1.54, 1.807) is 19.4 Å². The van der Waals surface area contributed by atoms with Gasteiger partial charge in [-0.3, -0.25) is 9.58 Å². The molecule has 160 valence electrons. The number of nitrogens with one attached hydrogen (secondary N) is 1. The van der Waals surface area contributed by atoms with E-state index in [0.717, 1.165) is 29.1 Å². The molecule has 1 saturated heterocycles. The summed E-state index contributed by atoms with van der Waals surface area (Å²) in [6, 6.07) is 8.22. The zero-order valence-corrected chi connectivity index (χ0v) is 17.7. The van der Waals surface area contributed by atoms with Gasteiger partial charge in [-0.2, -0.15) is 10.2 Å². The number of pyridine rings is 1. The molecular weight excluding hydrogens is 396 g/mol.